The lowest BCUT2D eigenvalue weighted by Gasteiger charge is -2.47. The first-order valence-electron chi connectivity index (χ1n) is 10.9. The number of fused-ring (bicyclic) bond motifs is 1. The lowest BCUT2D eigenvalue weighted by atomic mass is 9.86. The van der Waals surface area contributed by atoms with Crippen molar-refractivity contribution in [2.24, 2.45) is 0 Å². The Morgan fingerprint density at radius 3 is 2.74 bits per heavy atom. The third-order valence-corrected chi connectivity index (χ3v) is 7.39. The Morgan fingerprint density at radius 1 is 1.11 bits per heavy atom. The Morgan fingerprint density at radius 2 is 1.93 bits per heavy atom. The Labute approximate surface area is 161 Å². The topological polar surface area (TPSA) is 54.5 Å². The average Bonchev–Trinajstić information content (AvgIpc) is 3.41. The second-order valence-electron chi connectivity index (χ2n) is 8.76. The van der Waals surface area contributed by atoms with Crippen LogP contribution >= 0.6 is 0 Å². The Bertz CT molecular complexity index is 567. The number of ether oxygens (including phenoxy) is 3. The summed E-state index contributed by atoms with van der Waals surface area (Å²) in [6, 6.07) is 1.57. The van der Waals surface area contributed by atoms with E-state index in [0.717, 1.165) is 45.6 Å². The number of morpholine rings is 1. The quantitative estimate of drug-likeness (QED) is 0.748. The van der Waals surface area contributed by atoms with Gasteiger partial charge >= 0.3 is 6.09 Å². The van der Waals surface area contributed by atoms with Gasteiger partial charge in [-0.25, -0.2) is 4.79 Å². The van der Waals surface area contributed by atoms with Crippen molar-refractivity contribution in [3.05, 3.63) is 0 Å². The van der Waals surface area contributed by atoms with Gasteiger partial charge in [-0.3, -0.25) is 9.80 Å². The minimum absolute atomic E-state index is 0.150. The van der Waals surface area contributed by atoms with E-state index in [0.29, 0.717) is 24.7 Å². The standard InChI is InChI=1S/C20H33N3O4/c1-2-25-19(24)22-12-8-16(13-22)21-10-6-15(7-11-21)23-17-5-3-4-9-20(17)26-14-18(23)27-20/h15-18H,2-14H2,1H3/t16-,17-,18?,20-/m0/s1. The molecule has 5 rings (SSSR count). The number of carbonyl (C=O) groups excluding carboxylic acids is 1. The fourth-order valence-electron chi connectivity index (χ4n) is 6.10. The first-order valence-corrected chi connectivity index (χ1v) is 10.9. The van der Waals surface area contributed by atoms with Crippen molar-refractivity contribution < 1.29 is 19.0 Å². The van der Waals surface area contributed by atoms with Crippen molar-refractivity contribution in [1.82, 2.24) is 14.7 Å². The zero-order valence-electron chi connectivity index (χ0n) is 16.5. The summed E-state index contributed by atoms with van der Waals surface area (Å²) in [5.41, 5.74) is 0. The fraction of sp³-hybridized carbons (Fsp3) is 0.950. The monoisotopic (exact) mass is 379 g/mol. The molecule has 4 saturated heterocycles. The van der Waals surface area contributed by atoms with Gasteiger partial charge in [0.15, 0.2) is 5.79 Å². The van der Waals surface area contributed by atoms with E-state index < -0.39 is 0 Å². The molecule has 7 nitrogen and oxygen atoms in total. The second-order valence-corrected chi connectivity index (χ2v) is 8.76. The largest absolute Gasteiger partial charge is 0.450 e. The lowest BCUT2D eigenvalue weighted by molar-refractivity contribution is -0.179. The molecule has 1 saturated carbocycles. The van der Waals surface area contributed by atoms with Crippen LogP contribution in [0.25, 0.3) is 0 Å². The number of amides is 1. The van der Waals surface area contributed by atoms with Crippen LogP contribution in [0.4, 0.5) is 4.79 Å². The van der Waals surface area contributed by atoms with Gasteiger partial charge in [0.05, 0.1) is 19.3 Å². The van der Waals surface area contributed by atoms with E-state index >= 15 is 0 Å². The highest BCUT2D eigenvalue weighted by Gasteiger charge is 2.61. The SMILES string of the molecule is CCOC(=O)N1CC[C@H](N2CCC(N3C4CO[C@@]5(CCCC[C@H]35)O4)CC2)C1. The zero-order valence-corrected chi connectivity index (χ0v) is 16.5. The summed E-state index contributed by atoms with van der Waals surface area (Å²) in [4.78, 5) is 19.1. The van der Waals surface area contributed by atoms with Crippen molar-refractivity contribution in [3.8, 4) is 0 Å². The molecule has 7 heteroatoms. The summed E-state index contributed by atoms with van der Waals surface area (Å²) in [5, 5.41) is 0. The van der Waals surface area contributed by atoms with Crippen molar-refractivity contribution >= 4 is 6.09 Å². The number of piperidine rings is 1. The van der Waals surface area contributed by atoms with Crippen LogP contribution in [0.3, 0.4) is 0 Å². The molecule has 1 unspecified atom stereocenters. The minimum Gasteiger partial charge on any atom is -0.450 e. The molecule has 4 heterocycles. The highest BCUT2D eigenvalue weighted by Crippen LogP contribution is 2.49. The summed E-state index contributed by atoms with van der Waals surface area (Å²) in [6.07, 6.45) is 8.30. The Hall–Kier alpha value is -0.890. The second kappa shape index (κ2) is 7.17. The van der Waals surface area contributed by atoms with Crippen molar-refractivity contribution in [2.45, 2.75) is 82.0 Å². The molecule has 1 aliphatic carbocycles. The van der Waals surface area contributed by atoms with Crippen molar-refractivity contribution in [1.29, 1.82) is 0 Å². The van der Waals surface area contributed by atoms with E-state index in [1.807, 2.05) is 11.8 Å². The molecule has 0 aromatic heterocycles. The molecule has 27 heavy (non-hydrogen) atoms. The summed E-state index contributed by atoms with van der Waals surface area (Å²) in [6.45, 7) is 6.95. The zero-order chi connectivity index (χ0) is 18.4. The van der Waals surface area contributed by atoms with E-state index in [2.05, 4.69) is 9.80 Å². The van der Waals surface area contributed by atoms with Crippen LogP contribution in [-0.4, -0.2) is 90.3 Å². The van der Waals surface area contributed by atoms with E-state index in [1.54, 1.807) is 0 Å². The molecule has 1 spiro atoms. The van der Waals surface area contributed by atoms with Crippen LogP contribution in [0.15, 0.2) is 0 Å². The van der Waals surface area contributed by atoms with Crippen molar-refractivity contribution in [2.75, 3.05) is 39.4 Å². The van der Waals surface area contributed by atoms with Gasteiger partial charge in [0.1, 0.15) is 6.23 Å². The maximum atomic E-state index is 12.0. The molecule has 0 aromatic carbocycles. The van der Waals surface area contributed by atoms with E-state index in [-0.39, 0.29) is 18.1 Å². The number of likely N-dealkylation sites (tertiary alicyclic amines) is 2. The van der Waals surface area contributed by atoms with Gasteiger partial charge in [-0.05, 0) is 52.1 Å². The van der Waals surface area contributed by atoms with Crippen LogP contribution in [0, 0.1) is 0 Å². The third kappa shape index (κ3) is 3.07. The Balaban J connectivity index is 1.16. The maximum Gasteiger partial charge on any atom is 0.409 e. The van der Waals surface area contributed by atoms with Crippen LogP contribution in [0.2, 0.25) is 0 Å². The Kier molecular flexibility index (Phi) is 4.82. The fourth-order valence-corrected chi connectivity index (χ4v) is 6.10. The van der Waals surface area contributed by atoms with Gasteiger partial charge in [0.2, 0.25) is 0 Å². The molecule has 4 atom stereocenters. The molecule has 0 N–H and O–H groups in total. The summed E-state index contributed by atoms with van der Waals surface area (Å²) < 4.78 is 17.6. The van der Waals surface area contributed by atoms with Gasteiger partial charge < -0.3 is 19.1 Å². The molecule has 2 bridgehead atoms. The van der Waals surface area contributed by atoms with Crippen molar-refractivity contribution in [3.63, 3.8) is 0 Å². The highest BCUT2D eigenvalue weighted by atomic mass is 16.8. The first kappa shape index (κ1) is 18.2. The van der Waals surface area contributed by atoms with Gasteiger partial charge in [-0.2, -0.15) is 0 Å². The van der Waals surface area contributed by atoms with Gasteiger partial charge in [0.25, 0.3) is 0 Å². The number of hydrogen-bond donors (Lipinski definition) is 0. The predicted molar refractivity (Wildman–Crippen MR) is 99.2 cm³/mol. The van der Waals surface area contributed by atoms with Crippen LogP contribution in [0.1, 0.15) is 51.9 Å². The van der Waals surface area contributed by atoms with Gasteiger partial charge in [-0.15, -0.1) is 0 Å². The predicted octanol–water partition coefficient (Wildman–Crippen LogP) is 2.01. The molecule has 5 aliphatic rings. The van der Waals surface area contributed by atoms with E-state index in [1.165, 1.54) is 32.1 Å². The number of hydrogen-bond acceptors (Lipinski definition) is 6. The summed E-state index contributed by atoms with van der Waals surface area (Å²) in [7, 11) is 0. The minimum atomic E-state index is -0.286. The number of carbonyl (C=O) groups is 1. The van der Waals surface area contributed by atoms with E-state index in [9.17, 15) is 4.79 Å². The molecule has 5 fully saturated rings. The highest BCUT2D eigenvalue weighted by molar-refractivity contribution is 5.68. The number of rotatable bonds is 3. The third-order valence-electron chi connectivity index (χ3n) is 7.39. The van der Waals surface area contributed by atoms with Gasteiger partial charge in [0, 0.05) is 31.6 Å². The molecule has 1 amide bonds. The molecular formula is C20H33N3O4. The summed E-state index contributed by atoms with van der Waals surface area (Å²) in [5.74, 6) is -0.286. The molecule has 0 radical (unpaired) electrons. The van der Waals surface area contributed by atoms with Crippen LogP contribution < -0.4 is 0 Å². The van der Waals surface area contributed by atoms with E-state index in [4.69, 9.17) is 14.2 Å². The lowest BCUT2D eigenvalue weighted by Crippen LogP contribution is -2.59. The molecule has 0 aromatic rings. The normalized spacial score (nSPS) is 40.5. The maximum absolute atomic E-state index is 12.0. The molecule has 4 aliphatic heterocycles. The van der Waals surface area contributed by atoms with Crippen LogP contribution in [0.5, 0.6) is 0 Å². The van der Waals surface area contributed by atoms with Crippen LogP contribution in [-0.2, 0) is 14.2 Å². The number of nitrogens with zero attached hydrogens (tertiary/aromatic N) is 3. The molecule has 152 valence electrons. The summed E-state index contributed by atoms with van der Waals surface area (Å²) >= 11 is 0. The average molecular weight is 380 g/mol. The molecular weight excluding hydrogens is 346 g/mol. The smallest absolute Gasteiger partial charge is 0.409 e. The first-order chi connectivity index (χ1) is 13.2. The van der Waals surface area contributed by atoms with Gasteiger partial charge in [-0.1, -0.05) is 6.42 Å².